The number of hydrogen-bond acceptors (Lipinski definition) is 6. The highest BCUT2D eigenvalue weighted by atomic mass is 16.7. The molecule has 1 spiro atoms. The Bertz CT molecular complexity index is 1740. The monoisotopic (exact) mass is 599 g/mol. The van der Waals surface area contributed by atoms with Gasteiger partial charge in [-0.15, -0.1) is 0 Å². The first-order valence-electron chi connectivity index (χ1n) is 16.8. The topological polar surface area (TPSA) is 107 Å². The number of nitrogens with one attached hydrogen (secondary N) is 1. The van der Waals surface area contributed by atoms with E-state index >= 15 is 0 Å². The van der Waals surface area contributed by atoms with Crippen molar-refractivity contribution in [2.75, 3.05) is 0 Å². The Kier molecular flexibility index (Phi) is 4.58. The van der Waals surface area contributed by atoms with Gasteiger partial charge in [0.2, 0.25) is 0 Å². The predicted octanol–water partition coefficient (Wildman–Crippen LogP) is 5.01. The normalized spacial score (nSPS) is 53.4. The highest BCUT2D eigenvalue weighted by Crippen LogP contribution is 2.78. The maximum absolute atomic E-state index is 13.2. The van der Waals surface area contributed by atoms with Crippen molar-refractivity contribution in [1.29, 1.82) is 0 Å². The molecule has 2 saturated heterocycles. The van der Waals surface area contributed by atoms with Crippen LogP contribution in [0.4, 0.5) is 0 Å². The van der Waals surface area contributed by atoms with Gasteiger partial charge in [-0.3, -0.25) is 0 Å². The molecule has 10 rings (SSSR count). The summed E-state index contributed by atoms with van der Waals surface area (Å²) in [5.74, 6) is 0.140. The van der Waals surface area contributed by atoms with Crippen LogP contribution in [-0.2, 0) is 31.6 Å². The maximum Gasteiger partial charge on any atom is 0.153 e. The van der Waals surface area contributed by atoms with Crippen LogP contribution in [0.3, 0.4) is 0 Å². The Morgan fingerprint density at radius 3 is 2.59 bits per heavy atom. The van der Waals surface area contributed by atoms with Crippen molar-refractivity contribution in [3.8, 4) is 0 Å². The van der Waals surface area contributed by atoms with Crippen LogP contribution in [0.25, 0.3) is 10.9 Å². The van der Waals surface area contributed by atoms with E-state index in [-0.39, 0.29) is 30.0 Å². The summed E-state index contributed by atoms with van der Waals surface area (Å²) in [6, 6.07) is 4.36. The van der Waals surface area contributed by atoms with Crippen LogP contribution < -0.4 is 0 Å². The maximum atomic E-state index is 13.2. The lowest BCUT2D eigenvalue weighted by molar-refractivity contribution is -0.281. The predicted molar refractivity (Wildman–Crippen MR) is 164 cm³/mol. The van der Waals surface area contributed by atoms with Crippen molar-refractivity contribution in [2.24, 2.45) is 23.2 Å². The molecule has 4 heterocycles. The van der Waals surface area contributed by atoms with Crippen molar-refractivity contribution in [1.82, 2.24) is 4.98 Å². The minimum absolute atomic E-state index is 0.0343. The highest BCUT2D eigenvalue weighted by molar-refractivity contribution is 5.93. The van der Waals surface area contributed by atoms with Gasteiger partial charge in [-0.05, 0) is 82.1 Å². The Balaban J connectivity index is 1.20. The average molecular weight is 600 g/mol. The quantitative estimate of drug-likeness (QED) is 0.271. The van der Waals surface area contributed by atoms with E-state index in [0.717, 1.165) is 65.4 Å². The first kappa shape index (κ1) is 27.1. The van der Waals surface area contributed by atoms with E-state index in [1.165, 1.54) is 11.1 Å². The number of epoxide rings is 1. The number of rotatable bonds is 1. The summed E-state index contributed by atoms with van der Waals surface area (Å²) >= 11 is 0. The lowest BCUT2D eigenvalue weighted by atomic mass is 9.40. The zero-order chi connectivity index (χ0) is 30.7. The number of aliphatic hydroxyl groups is 3. The molecule has 5 aliphatic carbocycles. The van der Waals surface area contributed by atoms with E-state index in [0.29, 0.717) is 6.42 Å². The summed E-state index contributed by atoms with van der Waals surface area (Å²) in [6.07, 6.45) is 2.22. The number of benzene rings is 1. The van der Waals surface area contributed by atoms with Gasteiger partial charge in [-0.2, -0.15) is 0 Å². The molecule has 1 aromatic carbocycles. The molecule has 2 unspecified atom stereocenters. The molecule has 7 nitrogen and oxygen atoms in total. The minimum Gasteiger partial charge on any atom is -0.387 e. The average Bonchev–Trinajstić information content (AvgIpc) is 3.53. The van der Waals surface area contributed by atoms with Crippen molar-refractivity contribution in [2.45, 2.75) is 131 Å². The van der Waals surface area contributed by atoms with Crippen molar-refractivity contribution in [3.63, 3.8) is 0 Å². The summed E-state index contributed by atoms with van der Waals surface area (Å²) < 4.78 is 20.4. The molecule has 3 saturated carbocycles. The van der Waals surface area contributed by atoms with Gasteiger partial charge in [-0.25, -0.2) is 0 Å². The fourth-order valence-electron chi connectivity index (χ4n) is 12.9. The summed E-state index contributed by atoms with van der Waals surface area (Å²) in [4.78, 5) is 3.91. The lowest BCUT2D eigenvalue weighted by Crippen LogP contribution is -2.76. The second-order valence-corrected chi connectivity index (χ2v) is 16.9. The Labute approximate surface area is 258 Å². The van der Waals surface area contributed by atoms with Crippen LogP contribution in [0.2, 0.25) is 0 Å². The number of aromatic amines is 1. The third-order valence-corrected chi connectivity index (χ3v) is 15.1. The summed E-state index contributed by atoms with van der Waals surface area (Å²) in [5, 5.41) is 38.4. The molecule has 13 atom stereocenters. The van der Waals surface area contributed by atoms with E-state index in [9.17, 15) is 15.3 Å². The number of aromatic nitrogens is 1. The Hall–Kier alpha value is -2.00. The van der Waals surface area contributed by atoms with E-state index < -0.39 is 51.5 Å². The van der Waals surface area contributed by atoms with Crippen molar-refractivity contribution in [3.05, 3.63) is 58.8 Å². The van der Waals surface area contributed by atoms with Gasteiger partial charge in [0, 0.05) is 50.7 Å². The van der Waals surface area contributed by atoms with Crippen LogP contribution in [0.5, 0.6) is 0 Å². The van der Waals surface area contributed by atoms with Crippen LogP contribution in [0.15, 0.2) is 36.4 Å². The Morgan fingerprint density at radius 1 is 1.07 bits per heavy atom. The van der Waals surface area contributed by atoms with Crippen molar-refractivity contribution >= 4 is 10.9 Å². The smallest absolute Gasteiger partial charge is 0.153 e. The fraction of sp³-hybridized carbons (Fsp3) is 0.676. The molecule has 44 heavy (non-hydrogen) atoms. The number of fused-ring (bicyclic) bond motifs is 5. The van der Waals surface area contributed by atoms with E-state index in [4.69, 9.17) is 14.2 Å². The largest absolute Gasteiger partial charge is 0.387 e. The minimum atomic E-state index is -1.21. The van der Waals surface area contributed by atoms with Gasteiger partial charge in [0.05, 0.1) is 17.8 Å². The van der Waals surface area contributed by atoms with Gasteiger partial charge >= 0.3 is 0 Å². The third kappa shape index (κ3) is 2.44. The molecule has 0 bridgehead atoms. The van der Waals surface area contributed by atoms with Gasteiger partial charge in [0.25, 0.3) is 0 Å². The molecule has 0 radical (unpaired) electrons. The second-order valence-electron chi connectivity index (χ2n) is 16.9. The molecular weight excluding hydrogens is 554 g/mol. The van der Waals surface area contributed by atoms with Gasteiger partial charge in [-0.1, -0.05) is 38.6 Å². The number of aliphatic hydroxyl groups excluding tert-OH is 1. The fourth-order valence-corrected chi connectivity index (χ4v) is 12.9. The standard InChI is InChI=1S/C37H45NO6/c1-16(2)28-27(39)31-37(44-31)23(42-28)11-12-33(6)34(7)19(10-13-35(33,37)40)29-25-24-21(38-30(25)34)9-8-18-14-17(3)20-15-22(32(4,5)43-29)36(20,41)26(18)24/h8-9,19-20,22-23,27-29,31,38-41H,1,3,10-15H2,2,4-7H3/t19?,20-,22-,23?,27+,28-,29+,31+,33-,34-,35+,36-,37+/m1/s1. The molecule has 7 heteroatoms. The molecule has 1 aromatic heterocycles. The summed E-state index contributed by atoms with van der Waals surface area (Å²) in [5.41, 5.74) is 2.76. The van der Waals surface area contributed by atoms with Crippen LogP contribution >= 0.6 is 0 Å². The van der Waals surface area contributed by atoms with E-state index in [2.05, 4.69) is 58.0 Å². The van der Waals surface area contributed by atoms with E-state index in [1.807, 2.05) is 6.92 Å². The second kappa shape index (κ2) is 7.42. The van der Waals surface area contributed by atoms with Crippen LogP contribution in [-0.4, -0.2) is 61.5 Å². The van der Waals surface area contributed by atoms with Gasteiger partial charge < -0.3 is 34.5 Å². The van der Waals surface area contributed by atoms with Crippen molar-refractivity contribution < 1.29 is 29.5 Å². The molecule has 2 aromatic rings. The third-order valence-electron chi connectivity index (χ3n) is 15.1. The number of H-pyrrole nitrogens is 1. The zero-order valence-electron chi connectivity index (χ0n) is 26.5. The molecule has 3 aliphatic heterocycles. The molecule has 0 amide bonds. The highest BCUT2D eigenvalue weighted by Gasteiger charge is 2.87. The van der Waals surface area contributed by atoms with Crippen LogP contribution in [0, 0.1) is 23.2 Å². The summed E-state index contributed by atoms with van der Waals surface area (Å²) in [6.45, 7) is 19.3. The first-order valence-corrected chi connectivity index (χ1v) is 16.8. The van der Waals surface area contributed by atoms with E-state index in [1.54, 1.807) is 0 Å². The van der Waals surface area contributed by atoms with Crippen LogP contribution in [0.1, 0.15) is 95.2 Å². The molecule has 4 N–H and O–H groups in total. The Morgan fingerprint density at radius 2 is 1.84 bits per heavy atom. The summed E-state index contributed by atoms with van der Waals surface area (Å²) in [7, 11) is 0. The zero-order valence-corrected chi connectivity index (χ0v) is 26.5. The molecule has 8 aliphatic rings. The molecule has 5 fully saturated rings. The lowest BCUT2D eigenvalue weighted by Gasteiger charge is -2.66. The van der Waals surface area contributed by atoms with Gasteiger partial charge in [0.1, 0.15) is 29.5 Å². The molecular formula is C37H45NO6. The number of ether oxygens (including phenoxy) is 3. The van der Waals surface area contributed by atoms with Gasteiger partial charge in [0.15, 0.2) is 5.60 Å². The first-order chi connectivity index (χ1) is 20.7. The molecule has 234 valence electrons. The SMILES string of the molecule is C=C(C)[C@H]1OC2CC[C@@]3(C)[C@@](O)(CCC4[C@@H]5OC(C)(C)[C@H]6C[C@@H]7C(=C)Cc8ccc9[nH]c(c5c9c8[C@@]76O)[C@@]43C)[C@]23O[C@H]3[C@H]1O. The number of hydrogen-bond donors (Lipinski definition) is 4.